The highest BCUT2D eigenvalue weighted by molar-refractivity contribution is 6.14. The molecule has 0 aliphatic rings. The number of nitrogens with zero attached hydrogens (tertiary/aromatic N) is 3. The van der Waals surface area contributed by atoms with E-state index in [9.17, 15) is 5.26 Å². The van der Waals surface area contributed by atoms with E-state index in [4.69, 9.17) is 4.42 Å². The largest absolute Gasteiger partial charge is 0.454 e. The molecule has 4 heteroatoms. The molecule has 0 radical (unpaired) electrons. The van der Waals surface area contributed by atoms with E-state index in [1.807, 2.05) is 42.5 Å². The molecule has 0 atom stereocenters. The molecule has 0 unspecified atom stereocenters. The number of rotatable bonds is 4. The number of furan rings is 1. The van der Waals surface area contributed by atoms with Gasteiger partial charge in [-0.05, 0) is 71.6 Å². The highest BCUT2D eigenvalue weighted by atomic mass is 16.3. The van der Waals surface area contributed by atoms with Gasteiger partial charge in [0.15, 0.2) is 16.6 Å². The first-order valence-electron chi connectivity index (χ1n) is 14.7. The number of aryl methyl sites for hydroxylation is 2. The van der Waals surface area contributed by atoms with Gasteiger partial charge < -0.3 is 4.42 Å². The van der Waals surface area contributed by atoms with Gasteiger partial charge in [0.05, 0.1) is 18.7 Å². The molecular formula is C40H28N3O+. The minimum absolute atomic E-state index is 0.587. The van der Waals surface area contributed by atoms with E-state index in [1.54, 1.807) is 0 Å². The molecule has 4 nitrogen and oxygen atoms in total. The van der Waals surface area contributed by atoms with E-state index in [0.29, 0.717) is 5.56 Å². The van der Waals surface area contributed by atoms with Gasteiger partial charge in [0.1, 0.15) is 16.8 Å². The summed E-state index contributed by atoms with van der Waals surface area (Å²) in [5, 5.41) is 12.3. The molecule has 6 aromatic carbocycles. The summed E-state index contributed by atoms with van der Waals surface area (Å²) in [6.45, 7) is 2.14. The zero-order valence-corrected chi connectivity index (χ0v) is 24.5. The van der Waals surface area contributed by atoms with E-state index in [-0.39, 0.29) is 0 Å². The lowest BCUT2D eigenvalue weighted by molar-refractivity contribution is -0.633. The van der Waals surface area contributed by atoms with Gasteiger partial charge >= 0.3 is 0 Å². The molecule has 2 aromatic heterocycles. The fraction of sp³-hybridized carbons (Fsp3) is 0.0500. The van der Waals surface area contributed by atoms with Crippen molar-refractivity contribution < 1.29 is 8.98 Å². The van der Waals surface area contributed by atoms with Gasteiger partial charge in [-0.25, -0.2) is 4.57 Å². The highest BCUT2D eigenvalue weighted by Gasteiger charge is 2.30. The lowest BCUT2D eigenvalue weighted by Crippen LogP contribution is -2.30. The van der Waals surface area contributed by atoms with Crippen LogP contribution in [0.1, 0.15) is 11.1 Å². The molecule has 0 saturated heterocycles. The van der Waals surface area contributed by atoms with E-state index < -0.39 is 0 Å². The molecule has 0 saturated carbocycles. The average molecular weight is 567 g/mol. The Labute approximate surface area is 255 Å². The molecule has 8 rings (SSSR count). The van der Waals surface area contributed by atoms with Gasteiger partial charge in [-0.3, -0.25) is 0 Å². The van der Waals surface area contributed by atoms with Gasteiger partial charge in [0.25, 0.3) is 5.82 Å². The predicted octanol–water partition coefficient (Wildman–Crippen LogP) is 9.54. The molecule has 208 valence electrons. The summed E-state index contributed by atoms with van der Waals surface area (Å²) in [5.74, 6) is 1.03. The number of hydrogen-bond donors (Lipinski definition) is 0. The number of fused-ring (bicyclic) bond motifs is 4. The summed E-state index contributed by atoms with van der Waals surface area (Å²) in [6.07, 6.45) is 0. The molecular weight excluding hydrogens is 538 g/mol. The summed E-state index contributed by atoms with van der Waals surface area (Å²) in [6, 6.07) is 48.3. The Balaban J connectivity index is 1.45. The second-order valence-corrected chi connectivity index (χ2v) is 11.2. The van der Waals surface area contributed by atoms with Crippen molar-refractivity contribution in [1.29, 1.82) is 5.26 Å². The SMILES string of the molecule is Cc1ccc2c(oc3c(-c4cccc(-c5ccccc5)c4)c(C#N)ccc32)c1-c1n(-c2ccccc2)c2ccccc2[n+]1C. The van der Waals surface area contributed by atoms with Gasteiger partial charge in [-0.1, -0.05) is 91.0 Å². The summed E-state index contributed by atoms with van der Waals surface area (Å²) >= 11 is 0. The molecule has 0 aliphatic carbocycles. The van der Waals surface area contributed by atoms with Gasteiger partial charge in [-0.15, -0.1) is 0 Å². The van der Waals surface area contributed by atoms with Crippen LogP contribution in [0.5, 0.6) is 0 Å². The summed E-state index contributed by atoms with van der Waals surface area (Å²) in [5.41, 5.74) is 11.6. The molecule has 0 fully saturated rings. The Morgan fingerprint density at radius 2 is 1.27 bits per heavy atom. The lowest BCUT2D eigenvalue weighted by atomic mass is 9.94. The van der Waals surface area contributed by atoms with Crippen molar-refractivity contribution in [2.45, 2.75) is 6.92 Å². The van der Waals surface area contributed by atoms with E-state index in [1.165, 1.54) is 0 Å². The van der Waals surface area contributed by atoms with Crippen LogP contribution in [-0.2, 0) is 7.05 Å². The molecule has 8 aromatic rings. The first-order chi connectivity index (χ1) is 21.6. The smallest absolute Gasteiger partial charge is 0.298 e. The quantitative estimate of drug-likeness (QED) is 0.199. The summed E-state index contributed by atoms with van der Waals surface area (Å²) in [7, 11) is 2.12. The molecule has 0 amide bonds. The average Bonchev–Trinajstić information content (AvgIpc) is 3.60. The van der Waals surface area contributed by atoms with Gasteiger partial charge in [-0.2, -0.15) is 9.83 Å². The Bertz CT molecular complexity index is 2410. The zero-order chi connectivity index (χ0) is 29.8. The number of aromatic nitrogens is 2. The van der Waals surface area contributed by atoms with Crippen molar-refractivity contribution in [2.24, 2.45) is 7.05 Å². The van der Waals surface area contributed by atoms with Gasteiger partial charge in [0.2, 0.25) is 0 Å². The number of hydrogen-bond acceptors (Lipinski definition) is 2. The Morgan fingerprint density at radius 3 is 2.05 bits per heavy atom. The number of benzene rings is 6. The molecule has 0 bridgehead atoms. The van der Waals surface area contributed by atoms with Crippen LogP contribution in [0.15, 0.2) is 138 Å². The maximum absolute atomic E-state index is 10.3. The molecule has 0 aliphatic heterocycles. The Kier molecular flexibility index (Phi) is 5.92. The van der Waals surface area contributed by atoms with Crippen molar-refractivity contribution in [3.8, 4) is 45.4 Å². The minimum atomic E-state index is 0.587. The predicted molar refractivity (Wildman–Crippen MR) is 177 cm³/mol. The highest BCUT2D eigenvalue weighted by Crippen LogP contribution is 2.43. The Morgan fingerprint density at radius 1 is 0.636 bits per heavy atom. The van der Waals surface area contributed by atoms with Crippen LogP contribution in [0.2, 0.25) is 0 Å². The van der Waals surface area contributed by atoms with Crippen LogP contribution < -0.4 is 4.57 Å². The second-order valence-electron chi connectivity index (χ2n) is 11.2. The Hall–Kier alpha value is -5.92. The van der Waals surface area contributed by atoms with Crippen molar-refractivity contribution in [3.63, 3.8) is 0 Å². The van der Waals surface area contributed by atoms with E-state index in [0.717, 1.165) is 77.9 Å². The number of nitriles is 1. The molecule has 0 N–H and O–H groups in total. The maximum Gasteiger partial charge on any atom is 0.298 e. The standard InChI is InChI=1S/C40H28N3O/c1-26-20-22-32-33-23-21-30(25-41)37(29-15-11-14-28(24-29)27-12-5-3-6-13-27)39(33)44-38(32)36(26)40-42(2)34-18-9-10-19-35(34)43(40)31-16-7-4-8-17-31/h3-24H,1-2H3/q+1. The van der Waals surface area contributed by atoms with Crippen LogP contribution in [0.3, 0.4) is 0 Å². The zero-order valence-electron chi connectivity index (χ0n) is 24.5. The number of para-hydroxylation sites is 3. The van der Waals surface area contributed by atoms with Crippen molar-refractivity contribution in [3.05, 3.63) is 145 Å². The maximum atomic E-state index is 10.3. The fourth-order valence-electron chi connectivity index (χ4n) is 6.58. The van der Waals surface area contributed by atoms with Crippen LogP contribution in [-0.4, -0.2) is 4.57 Å². The minimum Gasteiger partial charge on any atom is -0.454 e. The van der Waals surface area contributed by atoms with Gasteiger partial charge in [0, 0.05) is 16.3 Å². The monoisotopic (exact) mass is 566 g/mol. The number of imidazole rings is 1. The van der Waals surface area contributed by atoms with Crippen molar-refractivity contribution in [2.75, 3.05) is 0 Å². The van der Waals surface area contributed by atoms with Crippen LogP contribution in [0.4, 0.5) is 0 Å². The first-order valence-corrected chi connectivity index (χ1v) is 14.7. The normalized spacial score (nSPS) is 11.4. The second kappa shape index (κ2) is 10.1. The van der Waals surface area contributed by atoms with Crippen LogP contribution in [0.25, 0.3) is 72.3 Å². The molecule has 2 heterocycles. The lowest BCUT2D eigenvalue weighted by Gasteiger charge is -2.08. The van der Waals surface area contributed by atoms with Crippen LogP contribution in [0, 0.1) is 18.3 Å². The summed E-state index contributed by atoms with van der Waals surface area (Å²) in [4.78, 5) is 0. The molecule has 0 spiro atoms. The molecule has 44 heavy (non-hydrogen) atoms. The summed E-state index contributed by atoms with van der Waals surface area (Å²) < 4.78 is 11.5. The van der Waals surface area contributed by atoms with Crippen molar-refractivity contribution >= 4 is 33.0 Å². The third-order valence-corrected chi connectivity index (χ3v) is 8.65. The third-order valence-electron chi connectivity index (χ3n) is 8.65. The van der Waals surface area contributed by atoms with E-state index in [2.05, 4.69) is 120 Å². The van der Waals surface area contributed by atoms with E-state index >= 15 is 0 Å². The first kappa shape index (κ1) is 25.8. The third kappa shape index (κ3) is 3.87. The van der Waals surface area contributed by atoms with Crippen molar-refractivity contribution in [1.82, 2.24) is 4.57 Å². The fourth-order valence-corrected chi connectivity index (χ4v) is 6.58. The topological polar surface area (TPSA) is 45.7 Å². The van der Waals surface area contributed by atoms with Crippen LogP contribution >= 0.6 is 0 Å².